The van der Waals surface area contributed by atoms with Gasteiger partial charge in [0.25, 0.3) is 0 Å². The number of benzene rings is 1. The van der Waals surface area contributed by atoms with Crippen LogP contribution in [0.25, 0.3) is 0 Å². The summed E-state index contributed by atoms with van der Waals surface area (Å²) < 4.78 is 40.2. The van der Waals surface area contributed by atoms with Gasteiger partial charge in [-0.25, -0.2) is 12.8 Å². The van der Waals surface area contributed by atoms with E-state index in [9.17, 15) is 17.6 Å². The largest absolute Gasteiger partial charge is 0.340 e. The van der Waals surface area contributed by atoms with Crippen molar-refractivity contribution in [2.45, 2.75) is 43.9 Å². The summed E-state index contributed by atoms with van der Waals surface area (Å²) in [5.74, 6) is -0.162. The van der Waals surface area contributed by atoms with Gasteiger partial charge in [-0.2, -0.15) is 4.31 Å². The highest BCUT2D eigenvalue weighted by Gasteiger charge is 2.33. The highest BCUT2D eigenvalue weighted by Crippen LogP contribution is 2.27. The second-order valence-electron chi connectivity index (χ2n) is 6.97. The molecule has 5 nitrogen and oxygen atoms in total. The Bertz CT molecular complexity index is 737. The summed E-state index contributed by atoms with van der Waals surface area (Å²) in [5.41, 5.74) is 0.403. The predicted molar refractivity (Wildman–Crippen MR) is 93.1 cm³/mol. The summed E-state index contributed by atoms with van der Waals surface area (Å²) in [7, 11) is -3.65. The number of rotatable bonds is 3. The molecule has 2 fully saturated rings. The molecular formula is C18H25FN2O3S. The lowest BCUT2D eigenvalue weighted by molar-refractivity contribution is -0.137. The molecule has 0 N–H and O–H groups in total. The minimum atomic E-state index is -3.65. The smallest absolute Gasteiger partial charge is 0.243 e. The maximum absolute atomic E-state index is 13.2. The summed E-state index contributed by atoms with van der Waals surface area (Å²) in [6, 6.07) is 3.72. The van der Waals surface area contributed by atoms with Gasteiger partial charge in [0.15, 0.2) is 0 Å². The maximum atomic E-state index is 13.2. The third-order valence-electron chi connectivity index (χ3n) is 5.26. The molecule has 1 heterocycles. The van der Waals surface area contributed by atoms with Crippen molar-refractivity contribution in [1.82, 2.24) is 9.21 Å². The molecule has 1 amide bonds. The molecule has 0 bridgehead atoms. The van der Waals surface area contributed by atoms with Gasteiger partial charge in [0.05, 0.1) is 4.90 Å². The summed E-state index contributed by atoms with van der Waals surface area (Å²) in [6.07, 6.45) is 5.31. The maximum Gasteiger partial charge on any atom is 0.243 e. The molecule has 0 spiro atoms. The summed E-state index contributed by atoms with van der Waals surface area (Å²) in [4.78, 5) is 14.5. The van der Waals surface area contributed by atoms with Crippen LogP contribution in [0.3, 0.4) is 0 Å². The molecule has 7 heteroatoms. The van der Waals surface area contributed by atoms with E-state index in [1.807, 2.05) is 0 Å². The number of halogens is 1. The number of nitrogens with zero attached hydrogens (tertiary/aromatic N) is 2. The Morgan fingerprint density at radius 3 is 2.32 bits per heavy atom. The third kappa shape index (κ3) is 3.87. The van der Waals surface area contributed by atoms with E-state index in [0.717, 1.165) is 25.7 Å². The van der Waals surface area contributed by atoms with Gasteiger partial charge in [0, 0.05) is 32.1 Å². The van der Waals surface area contributed by atoms with E-state index in [2.05, 4.69) is 0 Å². The van der Waals surface area contributed by atoms with Crippen LogP contribution in [-0.4, -0.2) is 49.7 Å². The summed E-state index contributed by atoms with van der Waals surface area (Å²) in [6.45, 7) is 3.03. The molecule has 1 saturated carbocycles. The minimum absolute atomic E-state index is 0.108. The molecule has 25 heavy (non-hydrogen) atoms. The van der Waals surface area contributed by atoms with Gasteiger partial charge in [0.2, 0.25) is 15.9 Å². The molecule has 2 aliphatic rings. The number of carbonyl (C=O) groups excluding carboxylic acids is 1. The molecule has 1 aromatic carbocycles. The van der Waals surface area contributed by atoms with Crippen LogP contribution < -0.4 is 0 Å². The van der Waals surface area contributed by atoms with Crippen molar-refractivity contribution >= 4 is 15.9 Å². The first-order chi connectivity index (χ1) is 11.9. The van der Waals surface area contributed by atoms with Gasteiger partial charge in [-0.1, -0.05) is 19.3 Å². The molecule has 0 atom stereocenters. The molecule has 0 unspecified atom stereocenters. The number of sulfonamides is 1. The average Bonchev–Trinajstić information content (AvgIpc) is 2.61. The van der Waals surface area contributed by atoms with E-state index >= 15 is 0 Å². The van der Waals surface area contributed by atoms with Crippen LogP contribution in [0.15, 0.2) is 23.1 Å². The standard InChI is InChI=1S/C18H25FN2O3S/c1-14-13-16(19)7-8-17(14)25(23,24)21-11-9-20(10-12-21)18(22)15-5-3-2-4-6-15/h7-8,13,15H,2-6,9-12H2,1H3. The van der Waals surface area contributed by atoms with Crippen molar-refractivity contribution in [2.75, 3.05) is 26.2 Å². The second-order valence-corrected chi connectivity index (χ2v) is 8.88. The monoisotopic (exact) mass is 368 g/mol. The van der Waals surface area contributed by atoms with E-state index in [4.69, 9.17) is 0 Å². The first-order valence-corrected chi connectivity index (χ1v) is 10.4. The van der Waals surface area contributed by atoms with E-state index in [1.165, 1.54) is 28.9 Å². The van der Waals surface area contributed by atoms with E-state index < -0.39 is 15.8 Å². The van der Waals surface area contributed by atoms with E-state index in [0.29, 0.717) is 18.7 Å². The Labute approximate surface area is 148 Å². The van der Waals surface area contributed by atoms with Gasteiger partial charge >= 0.3 is 0 Å². The number of amides is 1. The van der Waals surface area contributed by atoms with Crippen LogP contribution in [0.4, 0.5) is 4.39 Å². The Morgan fingerprint density at radius 1 is 1.08 bits per heavy atom. The summed E-state index contributed by atoms with van der Waals surface area (Å²) in [5, 5.41) is 0. The van der Waals surface area contributed by atoms with Gasteiger partial charge in [-0.3, -0.25) is 4.79 Å². The van der Waals surface area contributed by atoms with Gasteiger partial charge in [-0.05, 0) is 43.5 Å². The molecule has 0 aromatic heterocycles. The van der Waals surface area contributed by atoms with Gasteiger partial charge in [-0.15, -0.1) is 0 Å². The molecule has 1 saturated heterocycles. The van der Waals surface area contributed by atoms with Gasteiger partial charge in [0.1, 0.15) is 5.82 Å². The predicted octanol–water partition coefficient (Wildman–Crippen LogP) is 2.55. The first-order valence-electron chi connectivity index (χ1n) is 8.94. The number of hydrogen-bond acceptors (Lipinski definition) is 3. The highest BCUT2D eigenvalue weighted by molar-refractivity contribution is 7.89. The molecule has 1 aliphatic carbocycles. The zero-order valence-corrected chi connectivity index (χ0v) is 15.4. The van der Waals surface area contributed by atoms with Crippen LogP contribution >= 0.6 is 0 Å². The Balaban J connectivity index is 1.66. The SMILES string of the molecule is Cc1cc(F)ccc1S(=O)(=O)N1CCN(C(=O)C2CCCCC2)CC1. The molecule has 1 aliphatic heterocycles. The second kappa shape index (κ2) is 7.41. The van der Waals surface area contributed by atoms with Crippen molar-refractivity contribution in [3.05, 3.63) is 29.6 Å². The van der Waals surface area contributed by atoms with Crippen LogP contribution in [-0.2, 0) is 14.8 Å². The zero-order valence-electron chi connectivity index (χ0n) is 14.6. The lowest BCUT2D eigenvalue weighted by atomic mass is 9.88. The van der Waals surface area contributed by atoms with Crippen molar-refractivity contribution < 1.29 is 17.6 Å². The van der Waals surface area contributed by atoms with E-state index in [1.54, 1.807) is 11.8 Å². The molecule has 138 valence electrons. The minimum Gasteiger partial charge on any atom is -0.340 e. The number of hydrogen-bond donors (Lipinski definition) is 0. The molecule has 3 rings (SSSR count). The number of aryl methyl sites for hydroxylation is 1. The van der Waals surface area contributed by atoms with Crippen LogP contribution in [0, 0.1) is 18.7 Å². The summed E-state index contributed by atoms with van der Waals surface area (Å²) >= 11 is 0. The fraction of sp³-hybridized carbons (Fsp3) is 0.611. The van der Waals surface area contributed by atoms with Crippen LogP contribution in [0.2, 0.25) is 0 Å². The zero-order chi connectivity index (χ0) is 18.0. The number of piperazine rings is 1. The Kier molecular flexibility index (Phi) is 5.43. The molecular weight excluding hydrogens is 343 g/mol. The Morgan fingerprint density at radius 2 is 1.72 bits per heavy atom. The molecule has 0 radical (unpaired) electrons. The fourth-order valence-electron chi connectivity index (χ4n) is 3.80. The normalized spacial score (nSPS) is 20.6. The fourth-order valence-corrected chi connectivity index (χ4v) is 5.43. The number of carbonyl (C=O) groups is 1. The topological polar surface area (TPSA) is 57.7 Å². The first kappa shape index (κ1) is 18.3. The van der Waals surface area contributed by atoms with E-state index in [-0.39, 0.29) is 29.8 Å². The Hall–Kier alpha value is -1.47. The lowest BCUT2D eigenvalue weighted by Gasteiger charge is -2.36. The van der Waals surface area contributed by atoms with Crippen molar-refractivity contribution in [3.8, 4) is 0 Å². The van der Waals surface area contributed by atoms with Crippen molar-refractivity contribution in [1.29, 1.82) is 0 Å². The lowest BCUT2D eigenvalue weighted by Crippen LogP contribution is -2.52. The van der Waals surface area contributed by atoms with Gasteiger partial charge < -0.3 is 4.90 Å². The van der Waals surface area contributed by atoms with Crippen LogP contribution in [0.1, 0.15) is 37.7 Å². The van der Waals surface area contributed by atoms with Crippen molar-refractivity contribution in [2.24, 2.45) is 5.92 Å². The van der Waals surface area contributed by atoms with Crippen LogP contribution in [0.5, 0.6) is 0 Å². The third-order valence-corrected chi connectivity index (χ3v) is 7.32. The molecule has 1 aromatic rings. The highest BCUT2D eigenvalue weighted by atomic mass is 32.2. The average molecular weight is 368 g/mol. The van der Waals surface area contributed by atoms with Crippen molar-refractivity contribution in [3.63, 3.8) is 0 Å². The quantitative estimate of drug-likeness (QED) is 0.824.